The Morgan fingerprint density at radius 2 is 2.24 bits per heavy atom. The molecule has 0 saturated heterocycles. The summed E-state index contributed by atoms with van der Waals surface area (Å²) in [5, 5.41) is 0.222. The fourth-order valence-electron chi connectivity index (χ4n) is 2.45. The highest BCUT2D eigenvalue weighted by Gasteiger charge is 2.15. The van der Waals surface area contributed by atoms with Crippen LogP contribution in [-0.4, -0.2) is 14.9 Å². The van der Waals surface area contributed by atoms with E-state index < -0.39 is 0 Å². The molecule has 0 amide bonds. The largest absolute Gasteiger partial charge is 0.331 e. The molecule has 1 aromatic carbocycles. The molecule has 1 heterocycles. The molecule has 1 aliphatic carbocycles. The first-order valence-corrected chi connectivity index (χ1v) is 6.41. The zero-order chi connectivity index (χ0) is 11.8. The molecule has 88 valence electrons. The van der Waals surface area contributed by atoms with Crippen LogP contribution in [0.4, 0.5) is 0 Å². The molecule has 3 heteroatoms. The summed E-state index contributed by atoms with van der Waals surface area (Å²) in [6.07, 6.45) is 5.29. The molecule has 1 unspecified atom stereocenters. The second kappa shape index (κ2) is 4.19. The molecule has 0 bridgehead atoms. The summed E-state index contributed by atoms with van der Waals surface area (Å²) in [7, 11) is 2.08. The lowest BCUT2D eigenvalue weighted by molar-refractivity contribution is 0.812. The second-order valence-corrected chi connectivity index (χ2v) is 5.19. The first kappa shape index (κ1) is 10.8. The number of aryl methyl sites for hydroxylation is 1. The third-order valence-corrected chi connectivity index (χ3v) is 3.77. The van der Waals surface area contributed by atoms with Crippen molar-refractivity contribution in [2.45, 2.75) is 24.6 Å². The molecule has 1 aromatic heterocycles. The van der Waals surface area contributed by atoms with Gasteiger partial charge in [0, 0.05) is 13.5 Å². The minimum absolute atomic E-state index is 0.222. The van der Waals surface area contributed by atoms with Gasteiger partial charge in [0.15, 0.2) is 0 Å². The minimum Gasteiger partial charge on any atom is -0.331 e. The molecule has 0 fully saturated rings. The lowest BCUT2D eigenvalue weighted by Crippen LogP contribution is -1.99. The third kappa shape index (κ3) is 1.98. The summed E-state index contributed by atoms with van der Waals surface area (Å²) in [6.45, 7) is 0. The fourth-order valence-corrected chi connectivity index (χ4v) is 2.74. The number of hydrogen-bond donors (Lipinski definition) is 0. The number of alkyl halides is 1. The number of nitrogens with zero attached hydrogens (tertiary/aromatic N) is 2. The Hall–Kier alpha value is -1.28. The maximum Gasteiger partial charge on any atom is 0.113 e. The predicted octanol–water partition coefficient (Wildman–Crippen LogP) is 3.44. The molecule has 17 heavy (non-hydrogen) atoms. The van der Waals surface area contributed by atoms with Gasteiger partial charge in [-0.15, -0.1) is 11.6 Å². The number of allylic oxidation sites excluding steroid dienone is 2. The van der Waals surface area contributed by atoms with Crippen molar-refractivity contribution in [3.63, 3.8) is 0 Å². The summed E-state index contributed by atoms with van der Waals surface area (Å²) < 4.78 is 2.18. The average molecular weight is 247 g/mol. The van der Waals surface area contributed by atoms with Gasteiger partial charge in [0.1, 0.15) is 5.82 Å². The summed E-state index contributed by atoms with van der Waals surface area (Å²) in [5.41, 5.74) is 3.69. The number of fused-ring (bicyclic) bond motifs is 1. The van der Waals surface area contributed by atoms with E-state index >= 15 is 0 Å². The molecule has 0 saturated carbocycles. The Labute approximate surface area is 106 Å². The molecule has 2 nitrogen and oxygen atoms in total. The monoisotopic (exact) mass is 246 g/mol. The fraction of sp³-hybridized carbons (Fsp3) is 0.357. The average Bonchev–Trinajstić information content (AvgIpc) is 2.86. The van der Waals surface area contributed by atoms with Crippen LogP contribution >= 0.6 is 11.6 Å². The van der Waals surface area contributed by atoms with Crippen LogP contribution in [0.15, 0.2) is 35.9 Å². The van der Waals surface area contributed by atoms with E-state index in [9.17, 15) is 0 Å². The van der Waals surface area contributed by atoms with Crippen molar-refractivity contribution in [2.75, 3.05) is 0 Å². The van der Waals surface area contributed by atoms with E-state index in [1.165, 1.54) is 11.1 Å². The molecular formula is C14H15ClN2. The summed E-state index contributed by atoms with van der Waals surface area (Å²) in [4.78, 5) is 4.68. The maximum atomic E-state index is 6.09. The van der Waals surface area contributed by atoms with E-state index in [0.29, 0.717) is 0 Å². The van der Waals surface area contributed by atoms with E-state index in [0.717, 1.165) is 30.6 Å². The van der Waals surface area contributed by atoms with Crippen LogP contribution in [0.5, 0.6) is 0 Å². The Balaban J connectivity index is 1.95. The van der Waals surface area contributed by atoms with E-state index in [2.05, 4.69) is 40.9 Å². The van der Waals surface area contributed by atoms with Crippen molar-refractivity contribution in [3.05, 3.63) is 41.7 Å². The SMILES string of the molecule is Cn1c(CC2=CC(Cl)CC2)nc2ccccc21. The van der Waals surface area contributed by atoms with Gasteiger partial charge in [0.05, 0.1) is 16.4 Å². The van der Waals surface area contributed by atoms with E-state index in [1.54, 1.807) is 0 Å². The first-order valence-electron chi connectivity index (χ1n) is 5.98. The Morgan fingerprint density at radius 1 is 1.41 bits per heavy atom. The topological polar surface area (TPSA) is 17.8 Å². The predicted molar refractivity (Wildman–Crippen MR) is 71.4 cm³/mol. The van der Waals surface area contributed by atoms with Crippen LogP contribution in [0.3, 0.4) is 0 Å². The van der Waals surface area contributed by atoms with Crippen LogP contribution in [0.2, 0.25) is 0 Å². The van der Waals surface area contributed by atoms with Crippen LogP contribution < -0.4 is 0 Å². The highest BCUT2D eigenvalue weighted by molar-refractivity contribution is 6.22. The molecule has 2 aromatic rings. The van der Waals surface area contributed by atoms with Crippen molar-refractivity contribution in [3.8, 4) is 0 Å². The van der Waals surface area contributed by atoms with Crippen molar-refractivity contribution in [1.29, 1.82) is 0 Å². The van der Waals surface area contributed by atoms with Gasteiger partial charge in [0.2, 0.25) is 0 Å². The third-order valence-electron chi connectivity index (χ3n) is 3.42. The molecular weight excluding hydrogens is 232 g/mol. The quantitative estimate of drug-likeness (QED) is 0.586. The molecule has 0 spiro atoms. The Kier molecular flexibility index (Phi) is 2.67. The summed E-state index contributed by atoms with van der Waals surface area (Å²) >= 11 is 6.09. The molecule has 0 N–H and O–H groups in total. The lowest BCUT2D eigenvalue weighted by Gasteiger charge is -2.02. The van der Waals surface area contributed by atoms with Crippen molar-refractivity contribution in [1.82, 2.24) is 9.55 Å². The van der Waals surface area contributed by atoms with E-state index in [4.69, 9.17) is 11.6 Å². The summed E-state index contributed by atoms with van der Waals surface area (Å²) in [6, 6.07) is 8.26. The highest BCUT2D eigenvalue weighted by atomic mass is 35.5. The van der Waals surface area contributed by atoms with Gasteiger partial charge in [-0.2, -0.15) is 0 Å². The zero-order valence-electron chi connectivity index (χ0n) is 9.86. The molecule has 3 rings (SSSR count). The van der Waals surface area contributed by atoms with Crippen LogP contribution in [0, 0.1) is 0 Å². The number of rotatable bonds is 2. The number of imidazole rings is 1. The Bertz CT molecular complexity index is 583. The van der Waals surface area contributed by atoms with Crippen molar-refractivity contribution in [2.24, 2.45) is 7.05 Å². The number of aromatic nitrogens is 2. The molecule has 0 radical (unpaired) electrons. The van der Waals surface area contributed by atoms with Crippen molar-refractivity contribution >= 4 is 22.6 Å². The van der Waals surface area contributed by atoms with Gasteiger partial charge < -0.3 is 4.57 Å². The zero-order valence-corrected chi connectivity index (χ0v) is 10.6. The van der Waals surface area contributed by atoms with Gasteiger partial charge in [0.25, 0.3) is 0 Å². The van der Waals surface area contributed by atoms with Crippen molar-refractivity contribution < 1.29 is 0 Å². The number of hydrogen-bond acceptors (Lipinski definition) is 1. The number of para-hydroxylation sites is 2. The first-order chi connectivity index (χ1) is 8.24. The van der Waals surface area contributed by atoms with Gasteiger partial charge in [-0.25, -0.2) is 4.98 Å². The van der Waals surface area contributed by atoms with Gasteiger partial charge >= 0.3 is 0 Å². The molecule has 1 atom stereocenters. The van der Waals surface area contributed by atoms with E-state index in [1.807, 2.05) is 6.07 Å². The van der Waals surface area contributed by atoms with Gasteiger partial charge in [-0.05, 0) is 25.0 Å². The normalized spacial score (nSPS) is 19.9. The van der Waals surface area contributed by atoms with Crippen LogP contribution in [0.1, 0.15) is 18.7 Å². The molecule has 0 aliphatic heterocycles. The van der Waals surface area contributed by atoms with Gasteiger partial charge in [-0.3, -0.25) is 0 Å². The standard InChI is InChI=1S/C14H15ClN2/c1-17-13-5-3-2-4-12(13)16-14(17)9-10-6-7-11(15)8-10/h2-5,8,11H,6-7,9H2,1H3. The summed E-state index contributed by atoms with van der Waals surface area (Å²) in [5.74, 6) is 1.13. The van der Waals surface area contributed by atoms with Crippen LogP contribution in [-0.2, 0) is 13.5 Å². The lowest BCUT2D eigenvalue weighted by atomic mass is 10.1. The van der Waals surface area contributed by atoms with Gasteiger partial charge in [-0.1, -0.05) is 23.8 Å². The minimum atomic E-state index is 0.222. The maximum absolute atomic E-state index is 6.09. The van der Waals surface area contributed by atoms with Crippen LogP contribution in [0.25, 0.3) is 11.0 Å². The number of benzene rings is 1. The second-order valence-electron chi connectivity index (χ2n) is 4.63. The van der Waals surface area contributed by atoms with E-state index in [-0.39, 0.29) is 5.38 Å². The molecule has 1 aliphatic rings. The number of halogens is 1. The Morgan fingerprint density at radius 3 is 2.94 bits per heavy atom. The smallest absolute Gasteiger partial charge is 0.113 e. The highest BCUT2D eigenvalue weighted by Crippen LogP contribution is 2.26.